The van der Waals surface area contributed by atoms with Crippen molar-refractivity contribution in [3.63, 3.8) is 0 Å². The minimum Gasteiger partial charge on any atom is -0.354 e. The first-order valence-corrected chi connectivity index (χ1v) is 13.5. The van der Waals surface area contributed by atoms with Crippen molar-refractivity contribution in [1.82, 2.24) is 5.32 Å². The summed E-state index contributed by atoms with van der Waals surface area (Å²) in [6, 6.07) is 12.5. The van der Waals surface area contributed by atoms with Gasteiger partial charge >= 0.3 is 0 Å². The van der Waals surface area contributed by atoms with Crippen LogP contribution in [0, 0.1) is 0 Å². The van der Waals surface area contributed by atoms with E-state index >= 15 is 0 Å². The van der Waals surface area contributed by atoms with Crippen LogP contribution >= 0.6 is 35.0 Å². The summed E-state index contributed by atoms with van der Waals surface area (Å²) in [6.45, 7) is 0.136. The highest BCUT2D eigenvalue weighted by Gasteiger charge is 2.27. The Morgan fingerprint density at radius 2 is 1.68 bits per heavy atom. The van der Waals surface area contributed by atoms with Gasteiger partial charge in [-0.1, -0.05) is 60.7 Å². The number of amides is 1. The van der Waals surface area contributed by atoms with Crippen molar-refractivity contribution in [3.8, 4) is 0 Å². The standard InChI is InChI=1S/C22H26Cl2N2O3S2/c23-17-13-18(24)15-19(14-17)26(31(28,29)21-9-5-2-6-10-21)16-22(27)25-11-12-30-20-7-3-1-4-8-20/h2,5-6,9-10,13-15,20H,1,3-4,7-8,11-12,16H2,(H,25,27). The highest BCUT2D eigenvalue weighted by Crippen LogP contribution is 2.30. The van der Waals surface area contributed by atoms with Gasteiger partial charge < -0.3 is 5.32 Å². The third-order valence-electron chi connectivity index (χ3n) is 5.08. The SMILES string of the molecule is O=C(CN(c1cc(Cl)cc(Cl)c1)S(=O)(=O)c1ccccc1)NCCSC1CCCCC1. The van der Waals surface area contributed by atoms with Crippen LogP contribution in [0.1, 0.15) is 32.1 Å². The fraction of sp³-hybridized carbons (Fsp3) is 0.409. The number of anilines is 1. The van der Waals surface area contributed by atoms with Gasteiger partial charge in [-0.2, -0.15) is 11.8 Å². The van der Waals surface area contributed by atoms with Gasteiger partial charge in [-0.05, 0) is 43.2 Å². The average molecular weight is 502 g/mol. The molecule has 2 aromatic carbocycles. The minimum absolute atomic E-state index is 0.0896. The summed E-state index contributed by atoms with van der Waals surface area (Å²) in [5.74, 6) is 0.435. The van der Waals surface area contributed by atoms with Crippen molar-refractivity contribution >= 4 is 56.6 Å². The van der Waals surface area contributed by atoms with Gasteiger partial charge in [0.2, 0.25) is 5.91 Å². The van der Waals surface area contributed by atoms with Crippen LogP contribution in [0.4, 0.5) is 5.69 Å². The molecule has 0 bridgehead atoms. The molecule has 2 aromatic rings. The van der Waals surface area contributed by atoms with Gasteiger partial charge in [0.05, 0.1) is 10.6 Å². The molecule has 0 spiro atoms. The molecule has 31 heavy (non-hydrogen) atoms. The lowest BCUT2D eigenvalue weighted by atomic mass is 10.0. The maximum atomic E-state index is 13.3. The van der Waals surface area contributed by atoms with Gasteiger partial charge in [-0.25, -0.2) is 8.42 Å². The summed E-state index contributed by atoms with van der Waals surface area (Å²) in [6.07, 6.45) is 6.33. The van der Waals surface area contributed by atoms with Gasteiger partial charge in [0, 0.05) is 27.6 Å². The number of carbonyl (C=O) groups excluding carboxylic acids is 1. The second-order valence-corrected chi connectivity index (χ2v) is 11.6. The summed E-state index contributed by atoms with van der Waals surface area (Å²) in [7, 11) is -3.98. The maximum Gasteiger partial charge on any atom is 0.264 e. The number of nitrogens with one attached hydrogen (secondary N) is 1. The molecule has 9 heteroatoms. The van der Waals surface area contributed by atoms with E-state index in [9.17, 15) is 13.2 Å². The molecule has 0 unspecified atom stereocenters. The van der Waals surface area contributed by atoms with Crippen molar-refractivity contribution in [1.29, 1.82) is 0 Å². The van der Waals surface area contributed by atoms with Crippen LogP contribution < -0.4 is 9.62 Å². The number of hydrogen-bond donors (Lipinski definition) is 1. The molecule has 0 aromatic heterocycles. The Labute approximate surface area is 198 Å². The summed E-state index contributed by atoms with van der Waals surface area (Å²) in [5.41, 5.74) is 0.244. The molecule has 1 saturated carbocycles. The minimum atomic E-state index is -3.98. The second-order valence-electron chi connectivity index (χ2n) is 7.43. The van der Waals surface area contributed by atoms with Gasteiger partial charge in [0.15, 0.2) is 0 Å². The zero-order valence-electron chi connectivity index (χ0n) is 17.1. The summed E-state index contributed by atoms with van der Waals surface area (Å²) in [4.78, 5) is 12.7. The van der Waals surface area contributed by atoms with Crippen molar-refractivity contribution in [2.45, 2.75) is 42.2 Å². The first-order chi connectivity index (χ1) is 14.9. The van der Waals surface area contributed by atoms with Gasteiger partial charge in [0.1, 0.15) is 6.54 Å². The van der Waals surface area contributed by atoms with E-state index in [1.54, 1.807) is 18.2 Å². The Morgan fingerprint density at radius 3 is 2.32 bits per heavy atom. The topological polar surface area (TPSA) is 66.5 Å². The van der Waals surface area contributed by atoms with Crippen molar-refractivity contribution in [2.75, 3.05) is 23.1 Å². The summed E-state index contributed by atoms with van der Waals surface area (Å²) >= 11 is 14.1. The molecular weight excluding hydrogens is 475 g/mol. The molecule has 0 aliphatic heterocycles. The number of benzene rings is 2. The number of halogens is 2. The molecule has 0 atom stereocenters. The normalized spacial score (nSPS) is 14.9. The van der Waals surface area contributed by atoms with Crippen LogP contribution in [-0.2, 0) is 14.8 Å². The first-order valence-electron chi connectivity index (χ1n) is 10.3. The van der Waals surface area contributed by atoms with E-state index in [0.717, 1.165) is 10.1 Å². The predicted octanol–water partition coefficient (Wildman–Crippen LogP) is 5.37. The molecule has 3 rings (SSSR count). The fourth-order valence-electron chi connectivity index (χ4n) is 3.55. The van der Waals surface area contributed by atoms with Crippen molar-refractivity contribution in [2.24, 2.45) is 0 Å². The maximum absolute atomic E-state index is 13.3. The Bertz CT molecular complexity index is 961. The van der Waals surface area contributed by atoms with E-state index in [1.807, 2.05) is 11.8 Å². The summed E-state index contributed by atoms with van der Waals surface area (Å²) in [5, 5.41) is 4.09. The van der Waals surface area contributed by atoms with E-state index in [1.165, 1.54) is 62.4 Å². The van der Waals surface area contributed by atoms with Gasteiger partial charge in [-0.15, -0.1) is 0 Å². The van der Waals surface area contributed by atoms with Crippen LogP contribution in [0.2, 0.25) is 10.0 Å². The van der Waals surface area contributed by atoms with Gasteiger partial charge in [0.25, 0.3) is 10.0 Å². The molecule has 1 aliphatic rings. The quantitative estimate of drug-likeness (QED) is 0.469. The van der Waals surface area contributed by atoms with Gasteiger partial charge in [-0.3, -0.25) is 9.10 Å². The Hall–Kier alpha value is -1.41. The van der Waals surface area contributed by atoms with Crippen LogP contribution in [0.5, 0.6) is 0 Å². The van der Waals surface area contributed by atoms with Crippen LogP contribution in [0.3, 0.4) is 0 Å². The molecule has 0 radical (unpaired) electrons. The average Bonchev–Trinajstić information content (AvgIpc) is 2.75. The van der Waals surface area contributed by atoms with E-state index in [2.05, 4.69) is 5.32 Å². The molecule has 168 valence electrons. The highest BCUT2D eigenvalue weighted by molar-refractivity contribution is 7.99. The summed E-state index contributed by atoms with van der Waals surface area (Å²) < 4.78 is 27.6. The fourth-order valence-corrected chi connectivity index (χ4v) is 6.71. The van der Waals surface area contributed by atoms with E-state index in [-0.39, 0.29) is 23.0 Å². The highest BCUT2D eigenvalue weighted by atomic mass is 35.5. The van der Waals surface area contributed by atoms with E-state index in [0.29, 0.717) is 21.8 Å². The lowest BCUT2D eigenvalue weighted by Crippen LogP contribution is -2.41. The smallest absolute Gasteiger partial charge is 0.264 e. The molecule has 1 fully saturated rings. The third-order valence-corrected chi connectivity index (χ3v) is 8.69. The van der Waals surface area contributed by atoms with Crippen molar-refractivity contribution in [3.05, 3.63) is 58.6 Å². The molecule has 5 nitrogen and oxygen atoms in total. The molecule has 0 heterocycles. The lowest BCUT2D eigenvalue weighted by molar-refractivity contribution is -0.119. The number of sulfonamides is 1. The largest absolute Gasteiger partial charge is 0.354 e. The zero-order valence-corrected chi connectivity index (χ0v) is 20.2. The number of rotatable bonds is 9. The lowest BCUT2D eigenvalue weighted by Gasteiger charge is -2.25. The monoisotopic (exact) mass is 500 g/mol. The molecular formula is C22H26Cl2N2O3S2. The third kappa shape index (κ3) is 7.04. The first kappa shape index (κ1) is 24.2. The van der Waals surface area contributed by atoms with E-state index < -0.39 is 10.0 Å². The molecule has 1 N–H and O–H groups in total. The number of thioether (sulfide) groups is 1. The molecule has 1 aliphatic carbocycles. The Balaban J connectivity index is 1.70. The van der Waals surface area contributed by atoms with Crippen LogP contribution in [0.25, 0.3) is 0 Å². The number of carbonyl (C=O) groups is 1. The Kier molecular flexibility index (Phi) is 8.95. The second kappa shape index (κ2) is 11.5. The number of nitrogens with zero attached hydrogens (tertiary/aromatic N) is 1. The van der Waals surface area contributed by atoms with E-state index in [4.69, 9.17) is 23.2 Å². The van der Waals surface area contributed by atoms with Crippen LogP contribution in [-0.4, -0.2) is 38.4 Å². The zero-order chi connectivity index (χ0) is 22.3. The Morgan fingerprint density at radius 1 is 1.03 bits per heavy atom. The number of hydrogen-bond acceptors (Lipinski definition) is 4. The van der Waals surface area contributed by atoms with Crippen LogP contribution in [0.15, 0.2) is 53.4 Å². The predicted molar refractivity (Wildman–Crippen MR) is 130 cm³/mol. The molecule has 0 saturated heterocycles. The van der Waals surface area contributed by atoms with Crippen molar-refractivity contribution < 1.29 is 13.2 Å². The molecule has 1 amide bonds.